The van der Waals surface area contributed by atoms with Crippen LogP contribution in [0.2, 0.25) is 0 Å². The number of nitrogen functional groups attached to an aromatic ring is 1. The van der Waals surface area contributed by atoms with E-state index in [9.17, 15) is 14.4 Å². The van der Waals surface area contributed by atoms with Gasteiger partial charge >= 0.3 is 6.03 Å². The van der Waals surface area contributed by atoms with Gasteiger partial charge in [0.1, 0.15) is 0 Å². The summed E-state index contributed by atoms with van der Waals surface area (Å²) < 4.78 is 0. The second-order valence-electron chi connectivity index (χ2n) is 9.58. The molecular formula is C28H29N5O3. The van der Waals surface area contributed by atoms with E-state index < -0.39 is 23.5 Å². The van der Waals surface area contributed by atoms with Gasteiger partial charge in [-0.25, -0.2) is 9.79 Å². The molecular weight excluding hydrogens is 454 g/mol. The van der Waals surface area contributed by atoms with Crippen molar-refractivity contribution in [1.29, 1.82) is 0 Å². The Morgan fingerprint density at radius 2 is 1.67 bits per heavy atom. The van der Waals surface area contributed by atoms with E-state index in [0.29, 0.717) is 28.3 Å². The summed E-state index contributed by atoms with van der Waals surface area (Å²) in [6.07, 6.45) is -1.26. The minimum atomic E-state index is -1.26. The summed E-state index contributed by atoms with van der Waals surface area (Å²) in [6.45, 7) is 5.28. The number of amides is 3. The largest absolute Gasteiger partial charge is 0.399 e. The summed E-state index contributed by atoms with van der Waals surface area (Å²) >= 11 is 0. The number of hydrogen-bond acceptors (Lipinski definition) is 5. The fourth-order valence-electron chi connectivity index (χ4n) is 3.80. The van der Waals surface area contributed by atoms with Crippen LogP contribution >= 0.6 is 0 Å². The average Bonchev–Trinajstić information content (AvgIpc) is 2.94. The van der Waals surface area contributed by atoms with Crippen LogP contribution in [-0.2, 0) is 9.59 Å². The highest BCUT2D eigenvalue weighted by molar-refractivity contribution is 6.21. The maximum Gasteiger partial charge on any atom is 0.321 e. The number of Topliss-reactive ketones (excluding diaryl/α,β-unsaturated/α-hetero) is 1. The predicted molar refractivity (Wildman–Crippen MR) is 142 cm³/mol. The number of benzene rings is 3. The molecule has 0 spiro atoms. The lowest BCUT2D eigenvalue weighted by atomic mass is 9.90. The molecule has 0 radical (unpaired) electrons. The molecule has 1 heterocycles. The number of carbonyl (C=O) groups excluding carboxylic acids is 3. The van der Waals surface area contributed by atoms with E-state index in [1.54, 1.807) is 30.3 Å². The fourth-order valence-corrected chi connectivity index (χ4v) is 3.80. The van der Waals surface area contributed by atoms with Crippen molar-refractivity contribution in [2.75, 3.05) is 22.5 Å². The number of fused-ring (bicyclic) bond motifs is 1. The third kappa shape index (κ3) is 5.43. The van der Waals surface area contributed by atoms with Gasteiger partial charge in [0.05, 0.1) is 17.9 Å². The molecule has 0 saturated heterocycles. The summed E-state index contributed by atoms with van der Waals surface area (Å²) in [5, 5.41) is 5.36. The molecule has 4 N–H and O–H groups in total. The molecule has 4 rings (SSSR count). The zero-order valence-electron chi connectivity index (χ0n) is 20.5. The van der Waals surface area contributed by atoms with E-state index in [2.05, 4.69) is 10.6 Å². The van der Waals surface area contributed by atoms with Crippen LogP contribution in [-0.4, -0.2) is 36.1 Å². The lowest BCUT2D eigenvalue weighted by molar-refractivity contribution is -0.127. The quantitative estimate of drug-likeness (QED) is 0.471. The predicted octanol–water partition coefficient (Wildman–Crippen LogP) is 4.22. The number of para-hydroxylation sites is 1. The van der Waals surface area contributed by atoms with Gasteiger partial charge in [0, 0.05) is 27.9 Å². The molecule has 0 unspecified atom stereocenters. The molecule has 3 aromatic rings. The number of nitrogens with two attached hydrogens (primary N) is 1. The van der Waals surface area contributed by atoms with Crippen LogP contribution in [0.3, 0.4) is 0 Å². The van der Waals surface area contributed by atoms with Crippen LogP contribution in [0.4, 0.5) is 21.9 Å². The number of nitrogens with one attached hydrogen (secondary N) is 2. The Balaban J connectivity index is 1.75. The molecule has 1 aliphatic rings. The SMILES string of the molecule is CC(C)(C)C(=O)CN1C(=O)[C@@H](NC(=O)Nc2cccc(N)c2)N=C(c2ccccc2)c2ccccc21. The van der Waals surface area contributed by atoms with Crippen LogP contribution in [0.15, 0.2) is 83.9 Å². The minimum Gasteiger partial charge on any atom is -0.399 e. The molecule has 184 valence electrons. The van der Waals surface area contributed by atoms with Crippen molar-refractivity contribution >= 4 is 40.5 Å². The van der Waals surface area contributed by atoms with Crippen molar-refractivity contribution in [2.45, 2.75) is 26.9 Å². The number of carbonyl (C=O) groups is 3. The number of rotatable bonds is 5. The smallest absolute Gasteiger partial charge is 0.321 e. The first kappa shape index (κ1) is 24.7. The fraction of sp³-hybridized carbons (Fsp3) is 0.214. The molecule has 8 heteroatoms. The van der Waals surface area contributed by atoms with E-state index in [0.717, 1.165) is 5.56 Å². The maximum atomic E-state index is 13.8. The first-order valence-electron chi connectivity index (χ1n) is 11.6. The third-order valence-electron chi connectivity index (χ3n) is 5.81. The van der Waals surface area contributed by atoms with Gasteiger partial charge in [-0.3, -0.25) is 9.59 Å². The molecule has 0 saturated carbocycles. The van der Waals surface area contributed by atoms with E-state index in [1.165, 1.54) is 4.90 Å². The molecule has 1 atom stereocenters. The molecule has 0 aromatic heterocycles. The van der Waals surface area contributed by atoms with E-state index >= 15 is 0 Å². The van der Waals surface area contributed by atoms with Crippen LogP contribution in [0.1, 0.15) is 31.9 Å². The number of nitrogens with zero attached hydrogens (tertiary/aromatic N) is 2. The Kier molecular flexibility index (Phi) is 6.87. The standard InChI is InChI=1S/C28H29N5O3/c1-28(2,3)23(34)17-33-22-15-8-7-14-21(22)24(18-10-5-4-6-11-18)31-25(26(33)35)32-27(36)30-20-13-9-12-19(29)16-20/h4-16,25H,17,29H2,1-3H3,(H2,30,32,36)/t25-/m1/s1. The van der Waals surface area contributed by atoms with Crippen molar-refractivity contribution in [1.82, 2.24) is 5.32 Å². The summed E-state index contributed by atoms with van der Waals surface area (Å²) in [4.78, 5) is 45.8. The summed E-state index contributed by atoms with van der Waals surface area (Å²) in [5.74, 6) is -0.620. The summed E-state index contributed by atoms with van der Waals surface area (Å²) in [6, 6.07) is 22.8. The Morgan fingerprint density at radius 1 is 0.972 bits per heavy atom. The topological polar surface area (TPSA) is 117 Å². The third-order valence-corrected chi connectivity index (χ3v) is 5.81. The molecule has 3 amide bonds. The number of urea groups is 1. The molecule has 0 fully saturated rings. The number of hydrogen-bond donors (Lipinski definition) is 3. The Labute approximate surface area is 210 Å². The van der Waals surface area contributed by atoms with Gasteiger partial charge < -0.3 is 21.3 Å². The van der Waals surface area contributed by atoms with Crippen LogP contribution in [0.25, 0.3) is 0 Å². The maximum absolute atomic E-state index is 13.8. The highest BCUT2D eigenvalue weighted by atomic mass is 16.2. The zero-order chi connectivity index (χ0) is 25.9. The highest BCUT2D eigenvalue weighted by Crippen LogP contribution is 2.29. The molecule has 36 heavy (non-hydrogen) atoms. The second kappa shape index (κ2) is 10.0. The van der Waals surface area contributed by atoms with E-state index in [4.69, 9.17) is 10.7 Å². The van der Waals surface area contributed by atoms with Crippen molar-refractivity contribution in [3.8, 4) is 0 Å². The van der Waals surface area contributed by atoms with Gasteiger partial charge in [0.2, 0.25) is 6.17 Å². The Bertz CT molecular complexity index is 1330. The van der Waals surface area contributed by atoms with Gasteiger partial charge in [-0.05, 0) is 24.3 Å². The number of anilines is 3. The van der Waals surface area contributed by atoms with Crippen LogP contribution < -0.4 is 21.3 Å². The van der Waals surface area contributed by atoms with Gasteiger partial charge in [-0.15, -0.1) is 0 Å². The van der Waals surface area contributed by atoms with Crippen LogP contribution in [0.5, 0.6) is 0 Å². The van der Waals surface area contributed by atoms with Crippen molar-refractivity contribution in [3.05, 3.63) is 90.0 Å². The van der Waals surface area contributed by atoms with Crippen molar-refractivity contribution in [3.63, 3.8) is 0 Å². The van der Waals surface area contributed by atoms with E-state index in [1.807, 2.05) is 69.3 Å². The molecule has 0 aliphatic carbocycles. The average molecular weight is 484 g/mol. The number of aliphatic imine (C=N–C) groups is 1. The van der Waals surface area contributed by atoms with Crippen molar-refractivity contribution < 1.29 is 14.4 Å². The molecule has 8 nitrogen and oxygen atoms in total. The van der Waals surface area contributed by atoms with Crippen LogP contribution in [0, 0.1) is 5.41 Å². The van der Waals surface area contributed by atoms with Gasteiger partial charge in [-0.2, -0.15) is 0 Å². The first-order chi connectivity index (χ1) is 17.1. The van der Waals surface area contributed by atoms with Gasteiger partial charge in [-0.1, -0.05) is 75.4 Å². The summed E-state index contributed by atoms with van der Waals surface area (Å²) in [7, 11) is 0. The number of ketones is 1. The normalized spacial score (nSPS) is 15.4. The number of benzodiazepines with no additional fused rings is 1. The highest BCUT2D eigenvalue weighted by Gasteiger charge is 2.35. The lowest BCUT2D eigenvalue weighted by Crippen LogP contribution is -2.50. The van der Waals surface area contributed by atoms with E-state index in [-0.39, 0.29) is 12.3 Å². The monoisotopic (exact) mass is 483 g/mol. The van der Waals surface area contributed by atoms with Crippen molar-refractivity contribution in [2.24, 2.45) is 10.4 Å². The zero-order valence-corrected chi connectivity index (χ0v) is 20.5. The Hall–Kier alpha value is -4.46. The van der Waals surface area contributed by atoms with Gasteiger partial charge in [0.15, 0.2) is 5.78 Å². The Morgan fingerprint density at radius 3 is 2.36 bits per heavy atom. The second-order valence-corrected chi connectivity index (χ2v) is 9.58. The molecule has 0 bridgehead atoms. The lowest BCUT2D eigenvalue weighted by Gasteiger charge is -2.28. The molecule has 1 aliphatic heterocycles. The first-order valence-corrected chi connectivity index (χ1v) is 11.6. The van der Waals surface area contributed by atoms with Gasteiger partial charge in [0.25, 0.3) is 5.91 Å². The molecule has 3 aromatic carbocycles. The minimum absolute atomic E-state index is 0.114. The summed E-state index contributed by atoms with van der Waals surface area (Å²) in [5.41, 5.74) is 8.69.